The second kappa shape index (κ2) is 4.43. The minimum absolute atomic E-state index is 0.135. The van der Waals surface area contributed by atoms with Crippen LogP contribution < -0.4 is 5.32 Å². The van der Waals surface area contributed by atoms with Gasteiger partial charge in [-0.25, -0.2) is 0 Å². The molecule has 2 N–H and O–H groups in total. The maximum atomic E-state index is 11.3. The molecule has 0 saturated carbocycles. The number of rotatable bonds is 2. The number of aromatic hydroxyl groups is 1. The molecule has 1 unspecified atom stereocenters. The van der Waals surface area contributed by atoms with Crippen LogP contribution in [0.5, 0.6) is 5.75 Å². The van der Waals surface area contributed by atoms with Crippen molar-refractivity contribution in [3.05, 3.63) is 23.8 Å². The molecule has 1 atom stereocenters. The minimum Gasteiger partial charge on any atom is -0.506 e. The number of para-hydroxylation sites is 1. The largest absolute Gasteiger partial charge is 0.506 e. The summed E-state index contributed by atoms with van der Waals surface area (Å²) < 4.78 is 4.68. The highest BCUT2D eigenvalue weighted by Gasteiger charge is 2.24. The lowest BCUT2D eigenvalue weighted by molar-refractivity contribution is -0.141. The first-order valence-electron chi connectivity index (χ1n) is 5.35. The first kappa shape index (κ1) is 10.8. The molecule has 0 radical (unpaired) electrons. The number of nitrogens with one attached hydrogen (secondary N) is 1. The first-order chi connectivity index (χ1) is 7.72. The van der Waals surface area contributed by atoms with Gasteiger partial charge in [0.1, 0.15) is 5.75 Å². The third kappa shape index (κ3) is 1.96. The molecule has 1 aromatic carbocycles. The van der Waals surface area contributed by atoms with E-state index in [2.05, 4.69) is 10.1 Å². The quantitative estimate of drug-likeness (QED) is 0.591. The summed E-state index contributed by atoms with van der Waals surface area (Å²) >= 11 is 0. The Morgan fingerprint density at radius 2 is 2.44 bits per heavy atom. The summed E-state index contributed by atoms with van der Waals surface area (Å²) in [5.74, 6) is 0.170. The number of esters is 1. The highest BCUT2D eigenvalue weighted by atomic mass is 16.5. The normalized spacial score (nSPS) is 18.4. The number of carbonyl (C=O) groups excluding carboxylic acids is 1. The summed E-state index contributed by atoms with van der Waals surface area (Å²) in [6.45, 7) is 0.770. The van der Waals surface area contributed by atoms with Crippen LogP contribution in [0.4, 0.5) is 5.69 Å². The molecule has 2 rings (SSSR count). The van der Waals surface area contributed by atoms with E-state index in [0.29, 0.717) is 6.42 Å². The first-order valence-corrected chi connectivity index (χ1v) is 5.35. The van der Waals surface area contributed by atoms with Gasteiger partial charge in [0.25, 0.3) is 0 Å². The Morgan fingerprint density at radius 3 is 3.19 bits per heavy atom. The van der Waals surface area contributed by atoms with Gasteiger partial charge in [0, 0.05) is 6.54 Å². The van der Waals surface area contributed by atoms with Crippen LogP contribution in [0.15, 0.2) is 18.2 Å². The third-order valence-electron chi connectivity index (χ3n) is 2.95. The van der Waals surface area contributed by atoms with Gasteiger partial charge in [0.15, 0.2) is 0 Å². The molecule has 1 aliphatic rings. The molecular formula is C12H15NO3. The Labute approximate surface area is 94.2 Å². The van der Waals surface area contributed by atoms with E-state index in [1.165, 1.54) is 7.11 Å². The summed E-state index contributed by atoms with van der Waals surface area (Å²) in [5, 5.41) is 12.8. The van der Waals surface area contributed by atoms with Crippen molar-refractivity contribution in [2.75, 3.05) is 19.0 Å². The number of carbonyl (C=O) groups is 1. The summed E-state index contributed by atoms with van der Waals surface area (Å²) in [7, 11) is 1.40. The molecule has 16 heavy (non-hydrogen) atoms. The third-order valence-corrected chi connectivity index (χ3v) is 2.95. The zero-order valence-corrected chi connectivity index (χ0v) is 9.19. The smallest absolute Gasteiger partial charge is 0.306 e. The van der Waals surface area contributed by atoms with Crippen molar-refractivity contribution in [1.82, 2.24) is 0 Å². The van der Waals surface area contributed by atoms with Crippen LogP contribution in [-0.2, 0) is 9.53 Å². The number of phenols is 1. The Kier molecular flexibility index (Phi) is 2.99. The lowest BCUT2D eigenvalue weighted by Gasteiger charge is -2.26. The Bertz CT molecular complexity index is 403. The topological polar surface area (TPSA) is 58.6 Å². The van der Waals surface area contributed by atoms with E-state index in [9.17, 15) is 9.90 Å². The van der Waals surface area contributed by atoms with E-state index in [1.54, 1.807) is 12.1 Å². The van der Waals surface area contributed by atoms with Crippen LogP contribution in [0.3, 0.4) is 0 Å². The lowest BCUT2D eigenvalue weighted by Crippen LogP contribution is -2.19. The van der Waals surface area contributed by atoms with Gasteiger partial charge in [-0.15, -0.1) is 0 Å². The number of ether oxygens (including phenoxy) is 1. The molecule has 0 fully saturated rings. The van der Waals surface area contributed by atoms with Crippen molar-refractivity contribution < 1.29 is 14.6 Å². The molecule has 0 bridgehead atoms. The fraction of sp³-hybridized carbons (Fsp3) is 0.417. The van der Waals surface area contributed by atoms with Crippen molar-refractivity contribution in [3.63, 3.8) is 0 Å². The van der Waals surface area contributed by atoms with Crippen LogP contribution in [-0.4, -0.2) is 24.7 Å². The number of anilines is 1. The molecule has 1 aliphatic heterocycles. The summed E-state index contributed by atoms with van der Waals surface area (Å²) in [5.41, 5.74) is 1.75. The van der Waals surface area contributed by atoms with Gasteiger partial charge in [-0.3, -0.25) is 4.79 Å². The fourth-order valence-corrected chi connectivity index (χ4v) is 2.11. The minimum atomic E-state index is -0.207. The van der Waals surface area contributed by atoms with E-state index >= 15 is 0 Å². The summed E-state index contributed by atoms with van der Waals surface area (Å²) in [6, 6.07) is 5.38. The second-order valence-corrected chi connectivity index (χ2v) is 3.93. The highest BCUT2D eigenvalue weighted by molar-refractivity contribution is 5.72. The van der Waals surface area contributed by atoms with E-state index in [0.717, 1.165) is 24.2 Å². The average Bonchev–Trinajstić information content (AvgIpc) is 2.30. The molecule has 86 valence electrons. The van der Waals surface area contributed by atoms with Gasteiger partial charge in [0.2, 0.25) is 0 Å². The van der Waals surface area contributed by atoms with Crippen molar-refractivity contribution >= 4 is 11.7 Å². The molecule has 0 aromatic heterocycles. The highest BCUT2D eigenvalue weighted by Crippen LogP contribution is 2.38. The van der Waals surface area contributed by atoms with Gasteiger partial charge in [-0.2, -0.15) is 0 Å². The molecular weight excluding hydrogens is 206 g/mol. The Morgan fingerprint density at radius 1 is 1.62 bits per heavy atom. The van der Waals surface area contributed by atoms with Gasteiger partial charge in [-0.1, -0.05) is 12.1 Å². The summed E-state index contributed by atoms with van der Waals surface area (Å²) in [6.07, 6.45) is 1.25. The molecule has 0 spiro atoms. The zero-order chi connectivity index (χ0) is 11.5. The second-order valence-electron chi connectivity index (χ2n) is 3.93. The molecule has 4 nitrogen and oxygen atoms in total. The van der Waals surface area contributed by atoms with Crippen LogP contribution in [0.25, 0.3) is 0 Å². The van der Waals surface area contributed by atoms with Crippen LogP contribution in [0, 0.1) is 0 Å². The maximum Gasteiger partial charge on any atom is 0.306 e. The van der Waals surface area contributed by atoms with Crippen molar-refractivity contribution in [3.8, 4) is 5.75 Å². The lowest BCUT2D eigenvalue weighted by atomic mass is 9.88. The number of hydrogen-bond donors (Lipinski definition) is 2. The molecule has 1 aromatic rings. The SMILES string of the molecule is COC(=O)CC1CCNc2c(O)cccc21. The Hall–Kier alpha value is -1.71. The molecule has 4 heteroatoms. The number of benzene rings is 1. The molecule has 0 aliphatic carbocycles. The molecule has 0 amide bonds. The molecule has 0 saturated heterocycles. The van der Waals surface area contributed by atoms with Crippen molar-refractivity contribution in [2.24, 2.45) is 0 Å². The van der Waals surface area contributed by atoms with E-state index in [1.807, 2.05) is 6.07 Å². The predicted molar refractivity (Wildman–Crippen MR) is 60.6 cm³/mol. The van der Waals surface area contributed by atoms with Gasteiger partial charge in [-0.05, 0) is 24.0 Å². The average molecular weight is 221 g/mol. The van der Waals surface area contributed by atoms with Gasteiger partial charge >= 0.3 is 5.97 Å². The van der Waals surface area contributed by atoms with Crippen LogP contribution in [0.1, 0.15) is 24.3 Å². The number of methoxy groups -OCH3 is 1. The van der Waals surface area contributed by atoms with Crippen LogP contribution in [0.2, 0.25) is 0 Å². The van der Waals surface area contributed by atoms with Gasteiger partial charge in [0.05, 0.1) is 19.2 Å². The standard InChI is InChI=1S/C12H15NO3/c1-16-11(15)7-8-5-6-13-12-9(8)3-2-4-10(12)14/h2-4,8,13-14H,5-7H2,1H3. The van der Waals surface area contributed by atoms with E-state index < -0.39 is 0 Å². The number of fused-ring (bicyclic) bond motifs is 1. The Balaban J connectivity index is 2.26. The molecule has 1 heterocycles. The number of hydrogen-bond acceptors (Lipinski definition) is 4. The monoisotopic (exact) mass is 221 g/mol. The number of phenolic OH excluding ortho intramolecular Hbond substituents is 1. The van der Waals surface area contributed by atoms with Crippen molar-refractivity contribution in [2.45, 2.75) is 18.8 Å². The van der Waals surface area contributed by atoms with Gasteiger partial charge < -0.3 is 15.2 Å². The zero-order valence-electron chi connectivity index (χ0n) is 9.19. The summed E-state index contributed by atoms with van der Waals surface area (Å²) in [4.78, 5) is 11.3. The maximum absolute atomic E-state index is 11.3. The van der Waals surface area contributed by atoms with Crippen LogP contribution >= 0.6 is 0 Å². The van der Waals surface area contributed by atoms with E-state index in [4.69, 9.17) is 0 Å². The van der Waals surface area contributed by atoms with E-state index in [-0.39, 0.29) is 17.6 Å². The predicted octanol–water partition coefficient (Wildman–Crippen LogP) is 1.85. The fourth-order valence-electron chi connectivity index (χ4n) is 2.11. The van der Waals surface area contributed by atoms with Crippen molar-refractivity contribution in [1.29, 1.82) is 0 Å².